The molecule has 2 N–H and O–H groups in total. The van der Waals surface area contributed by atoms with Crippen LogP contribution in [0.2, 0.25) is 0 Å². The molecular weight excluding hydrogens is 322 g/mol. The Morgan fingerprint density at radius 1 is 1.17 bits per heavy atom. The predicted octanol–water partition coefficient (Wildman–Crippen LogP) is 3.26. The summed E-state index contributed by atoms with van der Waals surface area (Å²) in [5, 5.41) is 5.77. The molecule has 6 nitrogen and oxygen atoms in total. The molecule has 0 amide bonds. The molecule has 0 atom stereocenters. The van der Waals surface area contributed by atoms with Crippen molar-refractivity contribution in [3.8, 4) is 0 Å². The summed E-state index contributed by atoms with van der Waals surface area (Å²) in [6.45, 7) is 0.557. The number of aromatic amines is 1. The van der Waals surface area contributed by atoms with Crippen LogP contribution in [0.25, 0.3) is 11.0 Å². The van der Waals surface area contributed by atoms with Crippen molar-refractivity contribution in [1.29, 1.82) is 0 Å². The van der Waals surface area contributed by atoms with Gasteiger partial charge in [0, 0.05) is 30.5 Å². The van der Waals surface area contributed by atoms with Gasteiger partial charge in [-0.15, -0.1) is 11.3 Å². The maximum absolute atomic E-state index is 12.7. The number of hydrogen-bond donors (Lipinski definition) is 2. The highest BCUT2D eigenvalue weighted by Crippen LogP contribution is 2.22. The number of fused-ring (bicyclic) bond motifs is 1. The zero-order valence-corrected chi connectivity index (χ0v) is 13.4. The van der Waals surface area contributed by atoms with Gasteiger partial charge in [0.2, 0.25) is 11.7 Å². The first kappa shape index (κ1) is 14.5. The van der Waals surface area contributed by atoms with Gasteiger partial charge in [0.05, 0.1) is 4.88 Å². The van der Waals surface area contributed by atoms with E-state index in [1.807, 2.05) is 29.6 Å². The number of rotatable bonds is 5. The van der Waals surface area contributed by atoms with Gasteiger partial charge in [-0.05, 0) is 35.2 Å². The van der Waals surface area contributed by atoms with Crippen LogP contribution in [0.15, 0.2) is 54.3 Å². The van der Waals surface area contributed by atoms with Gasteiger partial charge in [-0.25, -0.2) is 4.98 Å². The van der Waals surface area contributed by atoms with Crippen molar-refractivity contribution in [3.63, 3.8) is 0 Å². The van der Waals surface area contributed by atoms with Crippen LogP contribution in [0.3, 0.4) is 0 Å². The number of thiophene rings is 1. The first-order valence-electron chi connectivity index (χ1n) is 7.37. The quantitative estimate of drug-likeness (QED) is 0.547. The van der Waals surface area contributed by atoms with Crippen LogP contribution in [0.1, 0.15) is 20.9 Å². The molecule has 4 heterocycles. The molecule has 0 aliphatic rings. The van der Waals surface area contributed by atoms with E-state index in [0.29, 0.717) is 28.7 Å². The Hall–Kier alpha value is -3.06. The van der Waals surface area contributed by atoms with Crippen LogP contribution < -0.4 is 5.32 Å². The largest absolute Gasteiger partial charge is 0.350 e. The lowest BCUT2D eigenvalue weighted by Gasteiger charge is -2.07. The van der Waals surface area contributed by atoms with Crippen LogP contribution >= 0.6 is 11.3 Å². The third-order valence-corrected chi connectivity index (χ3v) is 4.44. The molecule has 0 spiro atoms. The molecule has 0 aliphatic heterocycles. The van der Waals surface area contributed by atoms with Crippen molar-refractivity contribution in [2.75, 3.05) is 5.32 Å². The molecular formula is C17H13N5OS. The normalized spacial score (nSPS) is 10.8. The number of pyridine rings is 1. The van der Waals surface area contributed by atoms with Gasteiger partial charge in [-0.1, -0.05) is 6.07 Å². The number of nitrogens with one attached hydrogen (secondary N) is 2. The van der Waals surface area contributed by atoms with Gasteiger partial charge in [0.1, 0.15) is 11.3 Å². The minimum Gasteiger partial charge on any atom is -0.350 e. The van der Waals surface area contributed by atoms with Crippen molar-refractivity contribution in [2.45, 2.75) is 6.54 Å². The van der Waals surface area contributed by atoms with Gasteiger partial charge in [0.15, 0.2) is 0 Å². The van der Waals surface area contributed by atoms with Gasteiger partial charge >= 0.3 is 0 Å². The van der Waals surface area contributed by atoms with Gasteiger partial charge < -0.3 is 10.3 Å². The average molecular weight is 335 g/mol. The molecule has 4 rings (SSSR count). The lowest BCUT2D eigenvalue weighted by atomic mass is 10.2. The lowest BCUT2D eigenvalue weighted by molar-refractivity contribution is 0.103. The zero-order valence-electron chi connectivity index (χ0n) is 12.6. The summed E-state index contributed by atoms with van der Waals surface area (Å²) in [7, 11) is 0. The molecule has 0 saturated heterocycles. The molecule has 0 unspecified atom stereocenters. The maximum Gasteiger partial charge on any atom is 0.225 e. The van der Waals surface area contributed by atoms with Gasteiger partial charge in [-0.3, -0.25) is 9.78 Å². The minimum absolute atomic E-state index is 0.0936. The third-order valence-electron chi connectivity index (χ3n) is 3.58. The number of nitrogens with zero attached hydrogens (tertiary/aromatic N) is 3. The molecule has 118 valence electrons. The van der Waals surface area contributed by atoms with E-state index in [9.17, 15) is 4.79 Å². The standard InChI is InChI=1S/C17H13N5OS/c23-15(13-2-1-9-24-13)14-12-5-8-19-16(12)22-17(21-14)20-10-11-3-6-18-7-4-11/h1-9H,10H2,(H2,19,20,21,22). The molecule has 4 aromatic heterocycles. The number of ketones is 1. The topological polar surface area (TPSA) is 83.6 Å². The van der Waals surface area contributed by atoms with Crippen LogP contribution in [-0.2, 0) is 6.54 Å². The van der Waals surface area contributed by atoms with Crippen molar-refractivity contribution in [3.05, 3.63) is 70.4 Å². The molecule has 0 aromatic carbocycles. The number of hydrogen-bond acceptors (Lipinski definition) is 6. The molecule has 0 radical (unpaired) electrons. The second kappa shape index (κ2) is 6.21. The fourth-order valence-corrected chi connectivity index (χ4v) is 3.06. The van der Waals surface area contributed by atoms with Crippen LogP contribution in [-0.4, -0.2) is 25.7 Å². The summed E-state index contributed by atoms with van der Waals surface area (Å²) in [5.74, 6) is 0.325. The maximum atomic E-state index is 12.7. The average Bonchev–Trinajstić information content (AvgIpc) is 3.31. The second-order valence-corrected chi connectivity index (χ2v) is 6.10. The van der Waals surface area contributed by atoms with Crippen molar-refractivity contribution in [1.82, 2.24) is 19.9 Å². The Labute approximate surface area is 141 Å². The SMILES string of the molecule is O=C(c1cccs1)c1nc(NCc2ccncc2)nc2[nH]ccc12. The van der Waals surface area contributed by atoms with E-state index >= 15 is 0 Å². The van der Waals surface area contributed by atoms with Crippen molar-refractivity contribution in [2.24, 2.45) is 0 Å². The fraction of sp³-hybridized carbons (Fsp3) is 0.0588. The van der Waals surface area contributed by atoms with E-state index < -0.39 is 0 Å². The molecule has 4 aromatic rings. The summed E-state index contributed by atoms with van der Waals surface area (Å²) in [5.41, 5.74) is 2.11. The minimum atomic E-state index is -0.0936. The molecule has 0 fully saturated rings. The second-order valence-electron chi connectivity index (χ2n) is 5.15. The van der Waals surface area contributed by atoms with Gasteiger partial charge in [-0.2, -0.15) is 4.98 Å². The number of H-pyrrole nitrogens is 1. The third kappa shape index (κ3) is 2.77. The van der Waals surface area contributed by atoms with E-state index in [1.54, 1.807) is 24.7 Å². The number of aromatic nitrogens is 4. The van der Waals surface area contributed by atoms with Crippen LogP contribution in [0.5, 0.6) is 0 Å². The Morgan fingerprint density at radius 2 is 2.04 bits per heavy atom. The van der Waals surface area contributed by atoms with Crippen molar-refractivity contribution >= 4 is 34.1 Å². The highest BCUT2D eigenvalue weighted by molar-refractivity contribution is 7.12. The number of carbonyl (C=O) groups excluding carboxylic acids is 1. The summed E-state index contributed by atoms with van der Waals surface area (Å²) in [4.78, 5) is 29.3. The lowest BCUT2D eigenvalue weighted by Crippen LogP contribution is -2.09. The van der Waals surface area contributed by atoms with E-state index in [0.717, 1.165) is 10.9 Å². The molecule has 0 bridgehead atoms. The van der Waals surface area contributed by atoms with E-state index in [-0.39, 0.29) is 5.78 Å². The molecule has 0 aliphatic carbocycles. The van der Waals surface area contributed by atoms with Crippen molar-refractivity contribution < 1.29 is 4.79 Å². The van der Waals surface area contributed by atoms with Crippen LogP contribution in [0, 0.1) is 0 Å². The number of carbonyl (C=O) groups is 1. The highest BCUT2D eigenvalue weighted by Gasteiger charge is 2.18. The monoisotopic (exact) mass is 335 g/mol. The van der Waals surface area contributed by atoms with Gasteiger partial charge in [0.25, 0.3) is 0 Å². The summed E-state index contributed by atoms with van der Waals surface area (Å²) in [6.07, 6.45) is 5.23. The summed E-state index contributed by atoms with van der Waals surface area (Å²) in [6, 6.07) is 9.31. The summed E-state index contributed by atoms with van der Waals surface area (Å²) >= 11 is 1.41. The first-order chi connectivity index (χ1) is 11.8. The molecule has 0 saturated carbocycles. The Bertz CT molecular complexity index is 979. The summed E-state index contributed by atoms with van der Waals surface area (Å²) < 4.78 is 0. The Kier molecular flexibility index (Phi) is 3.76. The number of anilines is 1. The zero-order chi connectivity index (χ0) is 16.4. The van der Waals surface area contributed by atoms with E-state index in [4.69, 9.17) is 0 Å². The Morgan fingerprint density at radius 3 is 2.83 bits per heavy atom. The van der Waals surface area contributed by atoms with E-state index in [1.165, 1.54) is 11.3 Å². The fourth-order valence-electron chi connectivity index (χ4n) is 2.40. The molecule has 24 heavy (non-hydrogen) atoms. The first-order valence-corrected chi connectivity index (χ1v) is 8.25. The highest BCUT2D eigenvalue weighted by atomic mass is 32.1. The van der Waals surface area contributed by atoms with Crippen LogP contribution in [0.4, 0.5) is 5.95 Å². The van der Waals surface area contributed by atoms with E-state index in [2.05, 4.69) is 25.3 Å². The molecule has 7 heteroatoms. The Balaban J connectivity index is 1.68. The smallest absolute Gasteiger partial charge is 0.225 e. The predicted molar refractivity (Wildman–Crippen MR) is 93.2 cm³/mol.